The van der Waals surface area contributed by atoms with Crippen LogP contribution in [0.1, 0.15) is 0 Å². The van der Waals surface area contributed by atoms with Crippen LogP contribution < -0.4 is 0 Å². The molecule has 0 amide bonds. The van der Waals surface area contributed by atoms with Gasteiger partial charge in [-0.3, -0.25) is 4.99 Å². The van der Waals surface area contributed by atoms with Crippen LogP contribution in [-0.4, -0.2) is 24.3 Å². The summed E-state index contributed by atoms with van der Waals surface area (Å²) in [5.41, 5.74) is 0. The molecule has 0 unspecified atom stereocenters. The van der Waals surface area contributed by atoms with E-state index in [1.807, 2.05) is 0 Å². The second-order valence-corrected chi connectivity index (χ2v) is 1.10. The van der Waals surface area contributed by atoms with Crippen molar-refractivity contribution >= 4 is 12.2 Å². The number of hydrogen-bond acceptors (Lipinski definition) is 2. The average Bonchev–Trinajstić information content (AvgIpc) is 1.66. The number of aliphatic carboxylic acids is 1. The highest BCUT2D eigenvalue weighted by Crippen LogP contribution is 1.66. The van der Waals surface area contributed by atoms with Crippen LogP contribution in [0.2, 0.25) is 0 Å². The van der Waals surface area contributed by atoms with E-state index in [1.54, 1.807) is 7.05 Å². The molecular weight excluding hydrogens is 106 g/mol. The zero-order chi connectivity index (χ0) is 6.41. The van der Waals surface area contributed by atoms with Crippen LogP contribution in [-0.2, 0) is 4.79 Å². The van der Waals surface area contributed by atoms with Gasteiger partial charge in [0.1, 0.15) is 0 Å². The molecule has 0 atom stereocenters. The van der Waals surface area contributed by atoms with Crippen molar-refractivity contribution in [2.24, 2.45) is 4.99 Å². The third kappa shape index (κ3) is 4.88. The number of nitrogens with zero attached hydrogens (tertiary/aromatic N) is 1. The molecule has 0 aromatic heterocycles. The van der Waals surface area contributed by atoms with Gasteiger partial charge in [0.05, 0.1) is 0 Å². The summed E-state index contributed by atoms with van der Waals surface area (Å²) in [5, 5.41) is 7.99. The summed E-state index contributed by atoms with van der Waals surface area (Å²) in [7, 11) is 1.58. The number of carbonyl (C=O) groups is 1. The summed E-state index contributed by atoms with van der Waals surface area (Å²) in [6, 6.07) is 0. The highest BCUT2D eigenvalue weighted by molar-refractivity contribution is 5.86. The Kier molecular flexibility index (Phi) is 3.48. The Labute approximate surface area is 47.4 Å². The molecule has 0 heterocycles. The van der Waals surface area contributed by atoms with Crippen LogP contribution in [0.4, 0.5) is 0 Å². The second-order valence-electron chi connectivity index (χ2n) is 1.10. The smallest absolute Gasteiger partial charge is 0.328 e. The maximum absolute atomic E-state index is 9.73. The number of carboxylic acid groups (broad SMARTS) is 1. The summed E-state index contributed by atoms with van der Waals surface area (Å²) in [5.74, 6) is -0.954. The van der Waals surface area contributed by atoms with Gasteiger partial charge in [0, 0.05) is 19.3 Å². The summed E-state index contributed by atoms with van der Waals surface area (Å²) in [6.07, 6.45) is 3.80. The molecular formula is C5H7NO2. The lowest BCUT2D eigenvalue weighted by molar-refractivity contribution is -0.131. The van der Waals surface area contributed by atoms with Gasteiger partial charge in [0.15, 0.2) is 0 Å². The first-order chi connectivity index (χ1) is 3.77. The van der Waals surface area contributed by atoms with E-state index in [2.05, 4.69) is 4.99 Å². The molecule has 0 bridgehead atoms. The molecule has 0 saturated heterocycles. The second kappa shape index (κ2) is 4.05. The number of allylic oxidation sites excluding steroid dienone is 1. The van der Waals surface area contributed by atoms with Crippen molar-refractivity contribution in [1.29, 1.82) is 0 Å². The first kappa shape index (κ1) is 6.88. The average molecular weight is 113 g/mol. The van der Waals surface area contributed by atoms with E-state index in [0.717, 1.165) is 6.08 Å². The lowest BCUT2D eigenvalue weighted by Crippen LogP contribution is -1.85. The van der Waals surface area contributed by atoms with Gasteiger partial charge in [-0.05, 0) is 6.08 Å². The number of carboxylic acids is 1. The van der Waals surface area contributed by atoms with E-state index in [0.29, 0.717) is 0 Å². The third-order valence-electron chi connectivity index (χ3n) is 0.474. The maximum atomic E-state index is 9.73. The minimum atomic E-state index is -0.954. The molecule has 44 valence electrons. The molecule has 0 aliphatic heterocycles. The topological polar surface area (TPSA) is 49.7 Å². The monoisotopic (exact) mass is 113 g/mol. The lowest BCUT2D eigenvalue weighted by Gasteiger charge is -1.71. The fraction of sp³-hybridized carbons (Fsp3) is 0.200. The van der Waals surface area contributed by atoms with Gasteiger partial charge in [0.25, 0.3) is 0 Å². The van der Waals surface area contributed by atoms with Gasteiger partial charge in [-0.15, -0.1) is 0 Å². The minimum Gasteiger partial charge on any atom is -0.478 e. The highest BCUT2D eigenvalue weighted by Gasteiger charge is 1.78. The first-order valence-electron chi connectivity index (χ1n) is 2.09. The summed E-state index contributed by atoms with van der Waals surface area (Å²) in [6.45, 7) is 0. The zero-order valence-electron chi connectivity index (χ0n) is 4.53. The predicted molar refractivity (Wildman–Crippen MR) is 31.2 cm³/mol. The standard InChI is InChI=1S/C5H7NO2/c1-6-4-2-3-5(7)8/h2-4H,1H3,(H,7,8)/b3-2+,6-4?. The first-order valence-corrected chi connectivity index (χ1v) is 2.09. The third-order valence-corrected chi connectivity index (χ3v) is 0.474. The molecule has 0 aromatic carbocycles. The number of aliphatic imine (C=N–C) groups is 1. The van der Waals surface area contributed by atoms with E-state index >= 15 is 0 Å². The normalized spacial score (nSPS) is 11.1. The van der Waals surface area contributed by atoms with Crippen molar-refractivity contribution < 1.29 is 9.90 Å². The molecule has 8 heavy (non-hydrogen) atoms. The fourth-order valence-corrected chi connectivity index (χ4v) is 0.211. The summed E-state index contributed by atoms with van der Waals surface area (Å²) < 4.78 is 0. The van der Waals surface area contributed by atoms with E-state index in [4.69, 9.17) is 5.11 Å². The zero-order valence-corrected chi connectivity index (χ0v) is 4.53. The molecule has 0 spiro atoms. The molecule has 0 aliphatic carbocycles. The Balaban J connectivity index is 3.50. The highest BCUT2D eigenvalue weighted by atomic mass is 16.4. The molecule has 0 saturated carbocycles. The van der Waals surface area contributed by atoms with Crippen LogP contribution in [0.5, 0.6) is 0 Å². The van der Waals surface area contributed by atoms with Gasteiger partial charge in [0.2, 0.25) is 0 Å². The van der Waals surface area contributed by atoms with E-state index in [1.165, 1.54) is 12.3 Å². The predicted octanol–water partition coefficient (Wildman–Crippen LogP) is 0.328. The molecule has 1 N–H and O–H groups in total. The maximum Gasteiger partial charge on any atom is 0.328 e. The van der Waals surface area contributed by atoms with Gasteiger partial charge >= 0.3 is 5.97 Å². The Morgan fingerprint density at radius 2 is 2.38 bits per heavy atom. The molecule has 0 aromatic rings. The van der Waals surface area contributed by atoms with E-state index < -0.39 is 5.97 Å². The van der Waals surface area contributed by atoms with Crippen molar-refractivity contribution in [1.82, 2.24) is 0 Å². The van der Waals surface area contributed by atoms with Crippen molar-refractivity contribution in [3.8, 4) is 0 Å². The van der Waals surface area contributed by atoms with Crippen LogP contribution in [0.15, 0.2) is 17.1 Å². The van der Waals surface area contributed by atoms with Gasteiger partial charge < -0.3 is 5.11 Å². The van der Waals surface area contributed by atoms with E-state index in [-0.39, 0.29) is 0 Å². The number of rotatable bonds is 2. The van der Waals surface area contributed by atoms with Crippen molar-refractivity contribution in [3.05, 3.63) is 12.2 Å². The van der Waals surface area contributed by atoms with Crippen molar-refractivity contribution in [2.45, 2.75) is 0 Å². The Hall–Kier alpha value is -1.12. The fourth-order valence-electron chi connectivity index (χ4n) is 0.211. The molecule has 3 nitrogen and oxygen atoms in total. The van der Waals surface area contributed by atoms with Gasteiger partial charge in [-0.1, -0.05) is 0 Å². The van der Waals surface area contributed by atoms with Gasteiger partial charge in [-0.25, -0.2) is 4.79 Å². The van der Waals surface area contributed by atoms with Crippen LogP contribution in [0, 0.1) is 0 Å². The Morgan fingerprint density at radius 1 is 1.75 bits per heavy atom. The number of hydrogen-bond donors (Lipinski definition) is 1. The molecule has 0 rings (SSSR count). The Morgan fingerprint density at radius 3 is 2.75 bits per heavy atom. The summed E-state index contributed by atoms with van der Waals surface area (Å²) in [4.78, 5) is 13.3. The molecule has 0 fully saturated rings. The molecule has 3 heteroatoms. The van der Waals surface area contributed by atoms with Crippen LogP contribution in [0.3, 0.4) is 0 Å². The van der Waals surface area contributed by atoms with Crippen LogP contribution in [0.25, 0.3) is 0 Å². The Bertz CT molecular complexity index is 126. The van der Waals surface area contributed by atoms with Crippen molar-refractivity contribution in [2.75, 3.05) is 7.05 Å². The molecule has 0 aliphatic rings. The van der Waals surface area contributed by atoms with Crippen LogP contribution >= 0.6 is 0 Å². The summed E-state index contributed by atoms with van der Waals surface area (Å²) >= 11 is 0. The molecule has 0 radical (unpaired) electrons. The quantitative estimate of drug-likeness (QED) is 0.414. The minimum absolute atomic E-state index is 0.954. The largest absolute Gasteiger partial charge is 0.478 e. The SMILES string of the molecule is CN=C/C=C/C(=O)O. The van der Waals surface area contributed by atoms with Crippen molar-refractivity contribution in [3.63, 3.8) is 0 Å². The van der Waals surface area contributed by atoms with Gasteiger partial charge in [-0.2, -0.15) is 0 Å². The van der Waals surface area contributed by atoms with E-state index in [9.17, 15) is 4.79 Å². The lowest BCUT2D eigenvalue weighted by atomic mass is 10.5.